The molecule has 0 aromatic carbocycles. The Labute approximate surface area is 113 Å². The number of piperidine rings is 1. The van der Waals surface area contributed by atoms with Gasteiger partial charge in [-0.3, -0.25) is 4.79 Å². The molecule has 1 aliphatic heterocycles. The minimum Gasteiger partial charge on any atom is -0.350 e. The van der Waals surface area contributed by atoms with Gasteiger partial charge < -0.3 is 10.6 Å². The molecule has 2 heterocycles. The van der Waals surface area contributed by atoms with Crippen LogP contribution in [0.3, 0.4) is 0 Å². The third-order valence-corrected chi connectivity index (χ3v) is 4.38. The molecule has 5 nitrogen and oxygen atoms in total. The first-order valence-electron chi connectivity index (χ1n) is 6.97. The number of aryl methyl sites for hydroxylation is 1. The summed E-state index contributed by atoms with van der Waals surface area (Å²) in [6, 6.07) is 1.85. The number of hydrogen-bond donors (Lipinski definition) is 2. The fraction of sp³-hybridized carbons (Fsp3) is 0.643. The monoisotopic (exact) mass is 260 g/mol. The molecule has 2 N–H and O–H groups in total. The summed E-state index contributed by atoms with van der Waals surface area (Å²) in [5, 5.41) is 6.37. The van der Waals surface area contributed by atoms with E-state index in [1.165, 1.54) is 0 Å². The lowest BCUT2D eigenvalue weighted by Crippen LogP contribution is -2.33. The molecule has 3 rings (SSSR count). The van der Waals surface area contributed by atoms with Crippen molar-refractivity contribution in [2.24, 2.45) is 11.3 Å². The molecule has 0 radical (unpaired) electrons. The first-order valence-corrected chi connectivity index (χ1v) is 6.97. The Bertz CT molecular complexity index is 482. The maximum Gasteiger partial charge on any atom is 0.224 e. The highest BCUT2D eigenvalue weighted by Gasteiger charge is 2.57. The molecule has 102 valence electrons. The highest BCUT2D eigenvalue weighted by Crippen LogP contribution is 2.58. The average molecular weight is 260 g/mol. The van der Waals surface area contributed by atoms with Gasteiger partial charge in [-0.15, -0.1) is 0 Å². The summed E-state index contributed by atoms with van der Waals surface area (Å²) in [6.45, 7) is 4.47. The number of amides is 1. The van der Waals surface area contributed by atoms with Gasteiger partial charge in [0.25, 0.3) is 0 Å². The van der Waals surface area contributed by atoms with Crippen molar-refractivity contribution in [2.45, 2.75) is 32.7 Å². The summed E-state index contributed by atoms with van der Waals surface area (Å²) in [6.07, 6.45) is 5.06. The maximum absolute atomic E-state index is 12.2. The predicted molar refractivity (Wildman–Crippen MR) is 71.3 cm³/mol. The number of aromatic nitrogens is 2. The molecule has 5 heteroatoms. The van der Waals surface area contributed by atoms with Crippen LogP contribution >= 0.6 is 0 Å². The van der Waals surface area contributed by atoms with Crippen molar-refractivity contribution in [1.29, 1.82) is 0 Å². The molecule has 1 aromatic heterocycles. The van der Waals surface area contributed by atoms with E-state index in [1.807, 2.05) is 13.0 Å². The van der Waals surface area contributed by atoms with E-state index in [-0.39, 0.29) is 11.8 Å². The zero-order valence-electron chi connectivity index (χ0n) is 11.3. The second kappa shape index (κ2) is 4.89. The van der Waals surface area contributed by atoms with Crippen LogP contribution in [0, 0.1) is 18.3 Å². The largest absolute Gasteiger partial charge is 0.350 e. The molecule has 19 heavy (non-hydrogen) atoms. The zero-order valence-corrected chi connectivity index (χ0v) is 11.3. The Morgan fingerprint density at radius 1 is 1.53 bits per heavy atom. The molecule has 1 aliphatic carbocycles. The molecular weight excluding hydrogens is 240 g/mol. The maximum atomic E-state index is 12.2. The van der Waals surface area contributed by atoms with Crippen LogP contribution in [0.5, 0.6) is 0 Å². The van der Waals surface area contributed by atoms with E-state index in [0.717, 1.165) is 43.9 Å². The Morgan fingerprint density at radius 3 is 3.05 bits per heavy atom. The van der Waals surface area contributed by atoms with E-state index in [0.29, 0.717) is 12.0 Å². The quantitative estimate of drug-likeness (QED) is 0.843. The van der Waals surface area contributed by atoms with Gasteiger partial charge >= 0.3 is 0 Å². The van der Waals surface area contributed by atoms with Crippen LogP contribution < -0.4 is 10.6 Å². The van der Waals surface area contributed by atoms with Crippen LogP contribution in [0.2, 0.25) is 0 Å². The minimum atomic E-state index is 0.193. The first-order chi connectivity index (χ1) is 9.20. The van der Waals surface area contributed by atoms with Crippen molar-refractivity contribution < 1.29 is 4.79 Å². The van der Waals surface area contributed by atoms with E-state index < -0.39 is 0 Å². The van der Waals surface area contributed by atoms with Gasteiger partial charge in [0, 0.05) is 12.1 Å². The van der Waals surface area contributed by atoms with Crippen LogP contribution in [-0.4, -0.2) is 29.0 Å². The van der Waals surface area contributed by atoms with Crippen molar-refractivity contribution in [3.05, 3.63) is 23.8 Å². The Hall–Kier alpha value is -1.49. The third-order valence-electron chi connectivity index (χ3n) is 4.38. The van der Waals surface area contributed by atoms with Crippen molar-refractivity contribution in [1.82, 2.24) is 20.6 Å². The standard InChI is InChI=1S/C14H20N4O/c1-10-16-5-2-11(18-10)9-17-13(19)12-8-14(12)3-6-15-7-4-14/h2,5,12,15H,3-4,6-9H2,1H3,(H,17,19). The smallest absolute Gasteiger partial charge is 0.224 e. The SMILES string of the molecule is Cc1nccc(CNC(=O)C2CC23CCNCC3)n1. The normalized spacial score (nSPS) is 24.2. The summed E-state index contributed by atoms with van der Waals surface area (Å²) in [5.41, 5.74) is 1.18. The lowest BCUT2D eigenvalue weighted by molar-refractivity contribution is -0.123. The second-order valence-corrected chi connectivity index (χ2v) is 5.68. The number of rotatable bonds is 3. The fourth-order valence-electron chi connectivity index (χ4n) is 3.10. The summed E-state index contributed by atoms with van der Waals surface area (Å²) < 4.78 is 0. The topological polar surface area (TPSA) is 66.9 Å². The van der Waals surface area contributed by atoms with E-state index in [2.05, 4.69) is 20.6 Å². The zero-order chi connectivity index (χ0) is 13.3. The molecule has 1 spiro atoms. The summed E-state index contributed by atoms with van der Waals surface area (Å²) in [5.74, 6) is 1.16. The highest BCUT2D eigenvalue weighted by atomic mass is 16.2. The van der Waals surface area contributed by atoms with Crippen molar-refractivity contribution in [2.75, 3.05) is 13.1 Å². The molecule has 0 bridgehead atoms. The highest BCUT2D eigenvalue weighted by molar-refractivity contribution is 5.82. The molecular formula is C14H20N4O. The molecule has 1 atom stereocenters. The van der Waals surface area contributed by atoms with Crippen LogP contribution in [0.25, 0.3) is 0 Å². The summed E-state index contributed by atoms with van der Waals surface area (Å²) in [4.78, 5) is 20.5. The number of nitrogens with one attached hydrogen (secondary N) is 2. The van der Waals surface area contributed by atoms with Gasteiger partial charge in [0.2, 0.25) is 5.91 Å². The van der Waals surface area contributed by atoms with E-state index in [9.17, 15) is 4.79 Å². The molecule has 1 amide bonds. The van der Waals surface area contributed by atoms with Crippen molar-refractivity contribution in [3.8, 4) is 0 Å². The molecule has 1 aromatic rings. The molecule has 1 saturated heterocycles. The van der Waals surface area contributed by atoms with Gasteiger partial charge in [-0.25, -0.2) is 9.97 Å². The lowest BCUT2D eigenvalue weighted by Gasteiger charge is -2.23. The molecule has 1 unspecified atom stereocenters. The molecule has 2 fully saturated rings. The van der Waals surface area contributed by atoms with Crippen LogP contribution in [0.1, 0.15) is 30.8 Å². The first kappa shape index (κ1) is 12.5. The number of nitrogens with zero attached hydrogens (tertiary/aromatic N) is 2. The summed E-state index contributed by atoms with van der Waals surface area (Å²) in [7, 11) is 0. The van der Waals surface area contributed by atoms with Crippen molar-refractivity contribution in [3.63, 3.8) is 0 Å². The number of carbonyl (C=O) groups is 1. The summed E-state index contributed by atoms with van der Waals surface area (Å²) >= 11 is 0. The Morgan fingerprint density at radius 2 is 2.32 bits per heavy atom. The van der Waals surface area contributed by atoms with Gasteiger partial charge in [-0.05, 0) is 50.8 Å². The van der Waals surface area contributed by atoms with Crippen LogP contribution in [0.15, 0.2) is 12.3 Å². The minimum absolute atomic E-state index is 0.193. The van der Waals surface area contributed by atoms with Crippen LogP contribution in [-0.2, 0) is 11.3 Å². The predicted octanol–water partition coefficient (Wildman–Crippen LogP) is 0.791. The number of carbonyl (C=O) groups excluding carboxylic acids is 1. The molecule has 2 aliphatic rings. The van der Waals surface area contributed by atoms with Crippen LogP contribution in [0.4, 0.5) is 0 Å². The van der Waals surface area contributed by atoms with Gasteiger partial charge in [0.05, 0.1) is 12.2 Å². The lowest BCUT2D eigenvalue weighted by atomic mass is 9.92. The van der Waals surface area contributed by atoms with E-state index >= 15 is 0 Å². The van der Waals surface area contributed by atoms with E-state index in [1.54, 1.807) is 6.20 Å². The fourth-order valence-corrected chi connectivity index (χ4v) is 3.10. The van der Waals surface area contributed by atoms with Gasteiger partial charge in [0.15, 0.2) is 0 Å². The second-order valence-electron chi connectivity index (χ2n) is 5.68. The molecule has 1 saturated carbocycles. The van der Waals surface area contributed by atoms with Gasteiger partial charge in [-0.1, -0.05) is 0 Å². The van der Waals surface area contributed by atoms with Gasteiger partial charge in [-0.2, -0.15) is 0 Å². The Balaban J connectivity index is 1.53. The Kier molecular flexibility index (Phi) is 3.22. The average Bonchev–Trinajstić information content (AvgIpc) is 3.10. The van der Waals surface area contributed by atoms with Gasteiger partial charge in [0.1, 0.15) is 5.82 Å². The number of hydrogen-bond acceptors (Lipinski definition) is 4. The van der Waals surface area contributed by atoms with E-state index in [4.69, 9.17) is 0 Å². The third kappa shape index (κ3) is 2.61. The van der Waals surface area contributed by atoms with Crippen molar-refractivity contribution >= 4 is 5.91 Å².